The second-order valence-electron chi connectivity index (χ2n) is 11.7. The van der Waals surface area contributed by atoms with Crippen molar-refractivity contribution < 1.29 is 24.2 Å². The van der Waals surface area contributed by atoms with Crippen LogP contribution in [0.25, 0.3) is 22.2 Å². The first kappa shape index (κ1) is 26.9. The van der Waals surface area contributed by atoms with Crippen LogP contribution >= 0.6 is 0 Å². The lowest BCUT2D eigenvalue weighted by atomic mass is 9.93. The quantitative estimate of drug-likeness (QED) is 0.527. The second-order valence-corrected chi connectivity index (χ2v) is 11.7. The zero-order valence-electron chi connectivity index (χ0n) is 23.2. The highest BCUT2D eigenvalue weighted by molar-refractivity contribution is 5.95. The third-order valence-corrected chi connectivity index (χ3v) is 7.26. The third-order valence-electron chi connectivity index (χ3n) is 7.26. The zero-order valence-corrected chi connectivity index (χ0v) is 23.2. The number of hydrogen-bond acceptors (Lipinski definition) is 8. The average Bonchev–Trinajstić information content (AvgIpc) is 3.30. The van der Waals surface area contributed by atoms with Crippen LogP contribution in [0.3, 0.4) is 0 Å². The Balaban J connectivity index is 1.32. The fraction of sp³-hybridized carbons (Fsp3) is 0.536. The number of carbonyl (C=O) groups is 2. The van der Waals surface area contributed by atoms with Gasteiger partial charge in [0.25, 0.3) is 0 Å². The molecule has 1 aromatic carbocycles. The monoisotopic (exact) mass is 536 g/mol. The Labute approximate surface area is 227 Å². The van der Waals surface area contributed by atoms with Crippen molar-refractivity contribution in [1.29, 1.82) is 0 Å². The topological polar surface area (TPSA) is 123 Å². The molecule has 11 nitrogen and oxygen atoms in total. The summed E-state index contributed by atoms with van der Waals surface area (Å²) in [4.78, 5) is 38.0. The molecule has 0 aliphatic carbocycles. The fourth-order valence-corrected chi connectivity index (χ4v) is 4.87. The van der Waals surface area contributed by atoms with Gasteiger partial charge in [-0.1, -0.05) is 0 Å². The van der Waals surface area contributed by atoms with Gasteiger partial charge in [-0.2, -0.15) is 5.10 Å². The summed E-state index contributed by atoms with van der Waals surface area (Å²) in [5.74, 6) is 0.542. The lowest BCUT2D eigenvalue weighted by Gasteiger charge is -2.39. The normalized spacial score (nSPS) is 17.7. The van der Waals surface area contributed by atoms with E-state index in [0.29, 0.717) is 61.5 Å². The molecule has 208 valence electrons. The van der Waals surface area contributed by atoms with Gasteiger partial charge in [0.1, 0.15) is 22.4 Å². The van der Waals surface area contributed by atoms with Crippen LogP contribution < -0.4 is 4.74 Å². The van der Waals surface area contributed by atoms with E-state index in [4.69, 9.17) is 14.5 Å². The number of aromatic nitrogens is 4. The van der Waals surface area contributed by atoms with E-state index in [2.05, 4.69) is 10.1 Å². The number of likely N-dealkylation sites (tertiary alicyclic amines) is 2. The molecule has 2 saturated heterocycles. The Morgan fingerprint density at radius 2 is 1.82 bits per heavy atom. The third kappa shape index (κ3) is 5.83. The molecule has 3 aromatic rings. The van der Waals surface area contributed by atoms with Crippen LogP contribution in [0.5, 0.6) is 5.75 Å². The SMILES string of the molecule is COc1ccc(-c2cnn(C3CN(C(=O)OC(C)(C)C)C3)c2)c2ncc(CC(=O)N3CCC(C)(O)CC3)nc12. The summed E-state index contributed by atoms with van der Waals surface area (Å²) in [6.45, 7) is 9.49. The standard InChI is InChI=1S/C28H36N6O5/c1-27(2,3)39-26(36)33-16-20(17-33)34-15-18(13-30-34)21-6-7-22(38-5)25-24(21)29-14-19(31-25)12-23(35)32-10-8-28(4,37)9-11-32/h6-7,13-15,20,37H,8-12,16-17H2,1-5H3. The van der Waals surface area contributed by atoms with E-state index in [-0.39, 0.29) is 24.5 Å². The molecule has 0 saturated carbocycles. The molecule has 0 atom stereocenters. The van der Waals surface area contributed by atoms with E-state index in [0.717, 1.165) is 11.1 Å². The van der Waals surface area contributed by atoms with Gasteiger partial charge in [0.05, 0.1) is 37.1 Å². The molecular weight excluding hydrogens is 500 g/mol. The summed E-state index contributed by atoms with van der Waals surface area (Å²) in [5.41, 5.74) is 2.28. The highest BCUT2D eigenvalue weighted by Gasteiger charge is 2.35. The molecule has 5 rings (SSSR count). The van der Waals surface area contributed by atoms with Crippen molar-refractivity contribution in [2.75, 3.05) is 33.3 Å². The molecule has 0 radical (unpaired) electrons. The van der Waals surface area contributed by atoms with Crippen molar-refractivity contribution >= 4 is 23.0 Å². The number of carbonyl (C=O) groups excluding carboxylic acids is 2. The molecule has 2 aromatic heterocycles. The van der Waals surface area contributed by atoms with E-state index in [1.807, 2.05) is 50.7 Å². The van der Waals surface area contributed by atoms with Gasteiger partial charge in [-0.05, 0) is 52.7 Å². The molecule has 0 spiro atoms. The molecule has 0 unspecified atom stereocenters. The van der Waals surface area contributed by atoms with E-state index in [1.54, 1.807) is 29.3 Å². The van der Waals surface area contributed by atoms with Gasteiger partial charge in [0.2, 0.25) is 5.91 Å². The van der Waals surface area contributed by atoms with E-state index in [9.17, 15) is 14.7 Å². The molecule has 0 bridgehead atoms. The summed E-state index contributed by atoms with van der Waals surface area (Å²) >= 11 is 0. The van der Waals surface area contributed by atoms with Crippen molar-refractivity contribution in [3.8, 4) is 16.9 Å². The maximum Gasteiger partial charge on any atom is 0.410 e. The van der Waals surface area contributed by atoms with Crippen LogP contribution in [0.15, 0.2) is 30.7 Å². The number of aliphatic hydroxyl groups is 1. The van der Waals surface area contributed by atoms with E-state index < -0.39 is 11.2 Å². The zero-order chi connectivity index (χ0) is 27.9. The van der Waals surface area contributed by atoms with Gasteiger partial charge in [0, 0.05) is 49.7 Å². The van der Waals surface area contributed by atoms with Gasteiger partial charge >= 0.3 is 6.09 Å². The van der Waals surface area contributed by atoms with Gasteiger partial charge < -0.3 is 24.4 Å². The predicted octanol–water partition coefficient (Wildman–Crippen LogP) is 3.21. The molecule has 1 N–H and O–H groups in total. The lowest BCUT2D eigenvalue weighted by Crippen LogP contribution is -2.52. The summed E-state index contributed by atoms with van der Waals surface area (Å²) in [7, 11) is 1.58. The Bertz CT molecular complexity index is 1380. The number of nitrogens with zero attached hydrogens (tertiary/aromatic N) is 6. The summed E-state index contributed by atoms with van der Waals surface area (Å²) < 4.78 is 12.9. The van der Waals surface area contributed by atoms with Crippen molar-refractivity contribution in [1.82, 2.24) is 29.5 Å². The highest BCUT2D eigenvalue weighted by atomic mass is 16.6. The molecule has 11 heteroatoms. The number of piperidine rings is 1. The number of hydrogen-bond donors (Lipinski definition) is 1. The highest BCUT2D eigenvalue weighted by Crippen LogP contribution is 2.33. The van der Waals surface area contributed by atoms with Crippen LogP contribution in [0, 0.1) is 0 Å². The molecule has 2 aliphatic heterocycles. The van der Waals surface area contributed by atoms with Gasteiger partial charge in [-0.25, -0.2) is 9.78 Å². The summed E-state index contributed by atoms with van der Waals surface area (Å²) in [6, 6.07) is 3.84. The molecule has 4 heterocycles. The van der Waals surface area contributed by atoms with Gasteiger partial charge in [-0.15, -0.1) is 0 Å². The molecular formula is C28H36N6O5. The number of amides is 2. The predicted molar refractivity (Wildman–Crippen MR) is 144 cm³/mol. The minimum absolute atomic E-state index is 0.0310. The Morgan fingerprint density at radius 1 is 1.10 bits per heavy atom. The number of rotatable bonds is 5. The molecule has 2 aliphatic rings. The molecule has 2 fully saturated rings. The maximum atomic E-state index is 12.9. The first-order valence-corrected chi connectivity index (χ1v) is 13.3. The van der Waals surface area contributed by atoms with Crippen molar-refractivity contribution in [2.45, 2.75) is 64.2 Å². The summed E-state index contributed by atoms with van der Waals surface area (Å²) in [6.07, 6.45) is 6.30. The largest absolute Gasteiger partial charge is 0.494 e. The van der Waals surface area contributed by atoms with Crippen LogP contribution in [-0.2, 0) is 16.0 Å². The summed E-state index contributed by atoms with van der Waals surface area (Å²) in [5, 5.41) is 14.7. The van der Waals surface area contributed by atoms with Crippen LogP contribution in [0.1, 0.15) is 52.3 Å². The van der Waals surface area contributed by atoms with Gasteiger partial charge in [-0.3, -0.25) is 14.5 Å². The lowest BCUT2D eigenvalue weighted by molar-refractivity contribution is -0.134. The Kier molecular flexibility index (Phi) is 6.96. The Hall–Kier alpha value is -3.73. The first-order valence-electron chi connectivity index (χ1n) is 13.3. The smallest absolute Gasteiger partial charge is 0.410 e. The van der Waals surface area contributed by atoms with Crippen molar-refractivity contribution in [2.24, 2.45) is 0 Å². The maximum absolute atomic E-state index is 12.9. The van der Waals surface area contributed by atoms with Crippen LogP contribution in [-0.4, -0.2) is 91.1 Å². The number of ether oxygens (including phenoxy) is 2. The second kappa shape index (κ2) is 10.1. The van der Waals surface area contributed by atoms with Gasteiger partial charge in [0.15, 0.2) is 0 Å². The van der Waals surface area contributed by atoms with Crippen molar-refractivity contribution in [3.05, 3.63) is 36.4 Å². The number of fused-ring (bicyclic) bond motifs is 1. The van der Waals surface area contributed by atoms with Crippen LogP contribution in [0.4, 0.5) is 4.79 Å². The number of benzene rings is 1. The first-order chi connectivity index (χ1) is 18.4. The minimum atomic E-state index is -0.715. The fourth-order valence-electron chi connectivity index (χ4n) is 4.87. The molecule has 2 amide bonds. The average molecular weight is 537 g/mol. The van der Waals surface area contributed by atoms with E-state index in [1.165, 1.54) is 0 Å². The number of methoxy groups -OCH3 is 1. The van der Waals surface area contributed by atoms with Crippen LogP contribution in [0.2, 0.25) is 0 Å². The van der Waals surface area contributed by atoms with E-state index >= 15 is 0 Å². The minimum Gasteiger partial charge on any atom is -0.494 e. The van der Waals surface area contributed by atoms with Crippen molar-refractivity contribution in [3.63, 3.8) is 0 Å². The Morgan fingerprint density at radius 3 is 2.49 bits per heavy atom. The molecule has 39 heavy (non-hydrogen) atoms.